The SMILES string of the molecule is NC(=O)c1cccc2cc(-c3ccc4c(C(=O)N(c5ccc(Oc6ccccc6)cc5)c5ccc(Oc6ccccc6)cc5)cccc4c3)ccc12. The summed E-state index contributed by atoms with van der Waals surface area (Å²) in [6.07, 6.45) is 0. The second-order valence-electron chi connectivity index (χ2n) is 12.3. The largest absolute Gasteiger partial charge is 0.457 e. The number of hydrogen-bond donors (Lipinski definition) is 1. The number of primary amides is 1. The number of nitrogens with zero attached hydrogens (tertiary/aromatic N) is 1. The van der Waals surface area contributed by atoms with Crippen LogP contribution in [0.5, 0.6) is 23.0 Å². The maximum atomic E-state index is 14.7. The highest BCUT2D eigenvalue weighted by molar-refractivity contribution is 6.17. The standard InChI is InChI=1S/C46H32N2O4/c47-45(49)43-15-7-9-33-29-31(17-27-41(33)43)32-18-28-42-34(30-32)10-8-16-44(42)46(50)48(35-19-23-39(24-20-35)51-37-11-3-1-4-12-37)36-21-25-40(26-22-36)52-38-13-5-2-6-14-38/h1-30H,(H2,47,49). The molecule has 0 atom stereocenters. The van der Waals surface area contributed by atoms with E-state index in [1.807, 2.05) is 164 Å². The number of nitrogens with two attached hydrogens (primary N) is 1. The van der Waals surface area contributed by atoms with Crippen LogP contribution in [0.4, 0.5) is 11.4 Å². The molecular weight excluding hydrogens is 645 g/mol. The van der Waals surface area contributed by atoms with E-state index in [9.17, 15) is 9.59 Å². The van der Waals surface area contributed by atoms with Crippen LogP contribution in [0.1, 0.15) is 20.7 Å². The van der Waals surface area contributed by atoms with Crippen molar-refractivity contribution in [3.63, 3.8) is 0 Å². The normalized spacial score (nSPS) is 10.9. The van der Waals surface area contributed by atoms with E-state index in [1.165, 1.54) is 0 Å². The van der Waals surface area contributed by atoms with Gasteiger partial charge in [0.15, 0.2) is 0 Å². The summed E-state index contributed by atoms with van der Waals surface area (Å²) in [7, 11) is 0. The molecule has 0 saturated carbocycles. The molecule has 8 aromatic carbocycles. The lowest BCUT2D eigenvalue weighted by Crippen LogP contribution is -2.26. The third-order valence-corrected chi connectivity index (χ3v) is 8.94. The van der Waals surface area contributed by atoms with E-state index in [0.29, 0.717) is 34.0 Å². The highest BCUT2D eigenvalue weighted by Gasteiger charge is 2.22. The number of amides is 2. The van der Waals surface area contributed by atoms with Crippen LogP contribution in [0.2, 0.25) is 0 Å². The fraction of sp³-hybridized carbons (Fsp3) is 0. The van der Waals surface area contributed by atoms with E-state index in [4.69, 9.17) is 15.2 Å². The van der Waals surface area contributed by atoms with Gasteiger partial charge in [-0.3, -0.25) is 14.5 Å². The molecule has 2 N–H and O–H groups in total. The van der Waals surface area contributed by atoms with Gasteiger partial charge < -0.3 is 15.2 Å². The smallest absolute Gasteiger partial charge is 0.263 e. The van der Waals surface area contributed by atoms with Gasteiger partial charge in [0.1, 0.15) is 23.0 Å². The first-order valence-corrected chi connectivity index (χ1v) is 16.9. The molecule has 0 fully saturated rings. The minimum absolute atomic E-state index is 0.184. The van der Waals surface area contributed by atoms with Crippen LogP contribution in [0.25, 0.3) is 32.7 Å². The van der Waals surface area contributed by atoms with Crippen molar-refractivity contribution < 1.29 is 19.1 Å². The van der Waals surface area contributed by atoms with Gasteiger partial charge in [-0.1, -0.05) is 84.9 Å². The topological polar surface area (TPSA) is 81.9 Å². The number of fused-ring (bicyclic) bond motifs is 2. The van der Waals surface area contributed by atoms with Crippen LogP contribution in [0.3, 0.4) is 0 Å². The summed E-state index contributed by atoms with van der Waals surface area (Å²) in [6.45, 7) is 0. The number of para-hydroxylation sites is 2. The molecule has 8 aromatic rings. The van der Waals surface area contributed by atoms with Crippen molar-refractivity contribution in [2.45, 2.75) is 0 Å². The number of benzene rings is 8. The fourth-order valence-electron chi connectivity index (χ4n) is 6.41. The van der Waals surface area contributed by atoms with Gasteiger partial charge in [-0.25, -0.2) is 0 Å². The molecule has 250 valence electrons. The maximum absolute atomic E-state index is 14.7. The molecule has 0 bridgehead atoms. The number of ether oxygens (including phenoxy) is 2. The van der Waals surface area contributed by atoms with Gasteiger partial charge in [0.25, 0.3) is 5.91 Å². The molecule has 2 amide bonds. The lowest BCUT2D eigenvalue weighted by Gasteiger charge is -2.24. The second kappa shape index (κ2) is 14.0. The van der Waals surface area contributed by atoms with Gasteiger partial charge in [0.05, 0.1) is 0 Å². The Morgan fingerprint density at radius 2 is 0.846 bits per heavy atom. The Kier molecular flexibility index (Phi) is 8.61. The third-order valence-electron chi connectivity index (χ3n) is 8.94. The van der Waals surface area contributed by atoms with Crippen molar-refractivity contribution in [1.29, 1.82) is 0 Å². The molecule has 0 aromatic heterocycles. The molecule has 0 radical (unpaired) electrons. The van der Waals surface area contributed by atoms with Crippen molar-refractivity contribution in [2.75, 3.05) is 4.90 Å². The van der Waals surface area contributed by atoms with Crippen molar-refractivity contribution in [3.05, 3.63) is 193 Å². The summed E-state index contributed by atoms with van der Waals surface area (Å²) in [5.74, 6) is 2.13. The summed E-state index contributed by atoms with van der Waals surface area (Å²) >= 11 is 0. The molecule has 6 nitrogen and oxygen atoms in total. The summed E-state index contributed by atoms with van der Waals surface area (Å²) in [5, 5.41) is 3.49. The highest BCUT2D eigenvalue weighted by atomic mass is 16.5. The predicted molar refractivity (Wildman–Crippen MR) is 208 cm³/mol. The zero-order valence-electron chi connectivity index (χ0n) is 28.0. The Morgan fingerprint density at radius 3 is 1.31 bits per heavy atom. The Hall–Kier alpha value is -7.18. The van der Waals surface area contributed by atoms with Gasteiger partial charge in [-0.05, 0) is 130 Å². The van der Waals surface area contributed by atoms with Gasteiger partial charge in [0, 0.05) is 22.5 Å². The molecule has 0 aliphatic heterocycles. The predicted octanol–water partition coefficient (Wildman–Crippen LogP) is 11.3. The lowest BCUT2D eigenvalue weighted by atomic mass is 9.95. The fourth-order valence-corrected chi connectivity index (χ4v) is 6.41. The summed E-state index contributed by atoms with van der Waals surface area (Å²) in [4.78, 5) is 28.4. The quantitative estimate of drug-likeness (QED) is 0.165. The van der Waals surface area contributed by atoms with Crippen LogP contribution in [0, 0.1) is 0 Å². The molecule has 0 aliphatic rings. The van der Waals surface area contributed by atoms with E-state index >= 15 is 0 Å². The Morgan fingerprint density at radius 1 is 0.423 bits per heavy atom. The van der Waals surface area contributed by atoms with E-state index in [1.54, 1.807) is 11.0 Å². The molecule has 0 unspecified atom stereocenters. The third kappa shape index (κ3) is 6.56. The highest BCUT2D eigenvalue weighted by Crippen LogP contribution is 2.35. The molecule has 0 heterocycles. The molecule has 52 heavy (non-hydrogen) atoms. The van der Waals surface area contributed by atoms with Crippen molar-refractivity contribution in [3.8, 4) is 34.1 Å². The van der Waals surface area contributed by atoms with Crippen LogP contribution in [0.15, 0.2) is 182 Å². The first kappa shape index (κ1) is 32.0. The minimum atomic E-state index is -0.455. The molecule has 0 spiro atoms. The van der Waals surface area contributed by atoms with Crippen molar-refractivity contribution in [2.24, 2.45) is 5.73 Å². The summed E-state index contributed by atoms with van der Waals surface area (Å²) in [6, 6.07) is 57.5. The van der Waals surface area contributed by atoms with Crippen LogP contribution in [-0.4, -0.2) is 11.8 Å². The number of carbonyl (C=O) groups excluding carboxylic acids is 2. The number of carbonyl (C=O) groups is 2. The molecule has 6 heteroatoms. The number of rotatable bonds is 9. The first-order chi connectivity index (χ1) is 25.5. The van der Waals surface area contributed by atoms with Gasteiger partial charge in [-0.15, -0.1) is 0 Å². The maximum Gasteiger partial charge on any atom is 0.263 e. The average Bonchev–Trinajstić information content (AvgIpc) is 3.19. The van der Waals surface area contributed by atoms with Crippen molar-refractivity contribution in [1.82, 2.24) is 0 Å². The zero-order valence-corrected chi connectivity index (χ0v) is 28.0. The first-order valence-electron chi connectivity index (χ1n) is 16.9. The van der Waals surface area contributed by atoms with E-state index < -0.39 is 5.91 Å². The number of hydrogen-bond acceptors (Lipinski definition) is 4. The summed E-state index contributed by atoms with van der Waals surface area (Å²) < 4.78 is 12.1. The Bertz CT molecular complexity index is 2470. The zero-order chi connectivity index (χ0) is 35.4. The molecular formula is C46H32N2O4. The van der Waals surface area contributed by atoms with Crippen LogP contribution >= 0.6 is 0 Å². The van der Waals surface area contributed by atoms with Gasteiger partial charge >= 0.3 is 0 Å². The van der Waals surface area contributed by atoms with Gasteiger partial charge in [0.2, 0.25) is 5.91 Å². The van der Waals surface area contributed by atoms with E-state index in [0.717, 1.165) is 44.2 Å². The second-order valence-corrected chi connectivity index (χ2v) is 12.3. The number of anilines is 2. The minimum Gasteiger partial charge on any atom is -0.457 e. The monoisotopic (exact) mass is 676 g/mol. The Balaban J connectivity index is 1.15. The lowest BCUT2D eigenvalue weighted by molar-refractivity contribution is 0.0993. The molecule has 0 aliphatic carbocycles. The van der Waals surface area contributed by atoms with Crippen LogP contribution in [-0.2, 0) is 0 Å². The van der Waals surface area contributed by atoms with Crippen molar-refractivity contribution >= 4 is 44.7 Å². The van der Waals surface area contributed by atoms with E-state index in [2.05, 4.69) is 12.1 Å². The molecule has 8 rings (SSSR count). The summed E-state index contributed by atoms with van der Waals surface area (Å²) in [5.41, 5.74) is 10.0. The Labute approximate surface area is 300 Å². The van der Waals surface area contributed by atoms with E-state index in [-0.39, 0.29) is 5.91 Å². The average molecular weight is 677 g/mol. The van der Waals surface area contributed by atoms with Crippen LogP contribution < -0.4 is 20.1 Å². The molecule has 0 saturated heterocycles. The van der Waals surface area contributed by atoms with Gasteiger partial charge in [-0.2, -0.15) is 0 Å².